The van der Waals surface area contributed by atoms with Gasteiger partial charge in [-0.25, -0.2) is 10.6 Å². The second-order valence-corrected chi connectivity index (χ2v) is 5.35. The van der Waals surface area contributed by atoms with Crippen LogP contribution in [0.5, 0.6) is 5.75 Å². The van der Waals surface area contributed by atoms with Gasteiger partial charge in [-0.05, 0) is 30.5 Å². The van der Waals surface area contributed by atoms with Crippen molar-refractivity contribution in [1.29, 1.82) is 0 Å². The Hall–Kier alpha value is -1.75. The van der Waals surface area contributed by atoms with Crippen LogP contribution in [0.25, 0.3) is 0 Å². The Morgan fingerprint density at radius 2 is 1.84 bits per heavy atom. The Bertz CT molecular complexity index is 447. The summed E-state index contributed by atoms with van der Waals surface area (Å²) in [6.07, 6.45) is 0. The van der Waals surface area contributed by atoms with Gasteiger partial charge >= 0.3 is 6.03 Å². The average molecular weight is 265 g/mol. The summed E-state index contributed by atoms with van der Waals surface area (Å²) in [7, 11) is 1.67. The van der Waals surface area contributed by atoms with Crippen molar-refractivity contribution in [3.63, 3.8) is 0 Å². The predicted molar refractivity (Wildman–Crippen MR) is 76.2 cm³/mol. The smallest absolute Gasteiger partial charge is 0.328 e. The van der Waals surface area contributed by atoms with Gasteiger partial charge in [0.15, 0.2) is 0 Å². The molecule has 0 aliphatic rings. The quantitative estimate of drug-likeness (QED) is 0.441. The van der Waals surface area contributed by atoms with E-state index in [2.05, 4.69) is 36.7 Å². The summed E-state index contributed by atoms with van der Waals surface area (Å²) in [6, 6.07) is 3.80. The lowest BCUT2D eigenvalue weighted by Gasteiger charge is -2.27. The predicted octanol–water partition coefficient (Wildman–Crippen LogP) is 1.76. The number of urea groups is 1. The molecule has 0 saturated heterocycles. The summed E-state index contributed by atoms with van der Waals surface area (Å²) in [5, 5.41) is 2.73. The Kier molecular flexibility index (Phi) is 4.78. The third kappa shape index (κ3) is 3.61. The second kappa shape index (κ2) is 5.93. The Balaban J connectivity index is 2.98. The molecule has 0 atom stereocenters. The van der Waals surface area contributed by atoms with Crippen LogP contribution >= 0.6 is 0 Å². The lowest BCUT2D eigenvalue weighted by atomic mass is 9.83. The molecule has 0 bridgehead atoms. The molecule has 0 heterocycles. The van der Waals surface area contributed by atoms with Crippen LogP contribution in [0.4, 0.5) is 4.79 Å². The molecule has 0 unspecified atom stereocenters. The fourth-order valence-electron chi connectivity index (χ4n) is 2.12. The zero-order chi connectivity index (χ0) is 14.6. The second-order valence-electron chi connectivity index (χ2n) is 5.35. The van der Waals surface area contributed by atoms with E-state index in [4.69, 9.17) is 10.6 Å². The minimum absolute atomic E-state index is 0.186. The normalized spacial score (nSPS) is 11.1. The topological polar surface area (TPSA) is 76.4 Å². The number of aryl methyl sites for hydroxylation is 2. The lowest BCUT2D eigenvalue weighted by molar-refractivity contribution is 0.238. The van der Waals surface area contributed by atoms with E-state index in [0.717, 1.165) is 22.4 Å². The highest BCUT2D eigenvalue weighted by Gasteiger charge is 2.23. The van der Waals surface area contributed by atoms with Crippen molar-refractivity contribution in [3.05, 3.63) is 28.8 Å². The molecule has 1 aromatic rings. The van der Waals surface area contributed by atoms with Gasteiger partial charge in [-0.2, -0.15) is 0 Å². The van der Waals surface area contributed by atoms with E-state index in [1.165, 1.54) is 0 Å². The van der Waals surface area contributed by atoms with Crippen LogP contribution in [-0.2, 0) is 5.41 Å². The van der Waals surface area contributed by atoms with Gasteiger partial charge in [0.2, 0.25) is 0 Å². The van der Waals surface area contributed by atoms with Crippen molar-refractivity contribution in [2.45, 2.75) is 33.1 Å². The molecule has 5 nitrogen and oxygen atoms in total. The fraction of sp³-hybridized carbons (Fsp3) is 0.500. The molecule has 0 radical (unpaired) electrons. The summed E-state index contributed by atoms with van der Waals surface area (Å²) in [4.78, 5) is 11.2. The summed E-state index contributed by atoms with van der Waals surface area (Å²) in [6.45, 7) is 8.69. The molecule has 0 fully saturated rings. The van der Waals surface area contributed by atoms with Crippen LogP contribution in [0.3, 0.4) is 0 Å². The summed E-state index contributed by atoms with van der Waals surface area (Å²) in [5.41, 5.74) is 5.21. The maximum absolute atomic E-state index is 11.2. The number of carbonyl (C=O) groups is 1. The van der Waals surface area contributed by atoms with Gasteiger partial charge in [0, 0.05) is 12.0 Å². The highest BCUT2D eigenvalue weighted by Crippen LogP contribution is 2.30. The summed E-state index contributed by atoms with van der Waals surface area (Å²) >= 11 is 0. The first-order valence-electron chi connectivity index (χ1n) is 6.22. The highest BCUT2D eigenvalue weighted by molar-refractivity contribution is 5.73. The number of carbonyl (C=O) groups excluding carboxylic acids is 1. The van der Waals surface area contributed by atoms with Crippen molar-refractivity contribution in [2.24, 2.45) is 5.84 Å². The lowest BCUT2D eigenvalue weighted by Crippen LogP contribution is -2.44. The zero-order valence-electron chi connectivity index (χ0n) is 12.3. The molecule has 0 aliphatic carbocycles. The number of benzene rings is 1. The fourth-order valence-corrected chi connectivity index (χ4v) is 2.12. The number of amides is 2. The maximum atomic E-state index is 11.2. The zero-order valence-corrected chi connectivity index (χ0v) is 12.3. The van der Waals surface area contributed by atoms with Crippen LogP contribution in [0, 0.1) is 13.8 Å². The minimum atomic E-state index is -0.380. The number of ether oxygens (including phenoxy) is 1. The number of hydrogen-bond donors (Lipinski definition) is 3. The molecule has 1 aromatic carbocycles. The number of methoxy groups -OCH3 is 1. The van der Waals surface area contributed by atoms with Gasteiger partial charge in [-0.1, -0.05) is 26.0 Å². The number of hydrogen-bond acceptors (Lipinski definition) is 3. The average Bonchev–Trinajstić information content (AvgIpc) is 2.35. The number of rotatable bonds is 4. The van der Waals surface area contributed by atoms with Crippen molar-refractivity contribution in [3.8, 4) is 5.75 Å². The maximum Gasteiger partial charge on any atom is 0.328 e. The van der Waals surface area contributed by atoms with E-state index in [-0.39, 0.29) is 11.4 Å². The van der Waals surface area contributed by atoms with Crippen LogP contribution in [0.1, 0.15) is 30.5 Å². The number of nitrogens with one attached hydrogen (secondary N) is 2. The van der Waals surface area contributed by atoms with Crippen LogP contribution in [0.15, 0.2) is 12.1 Å². The first-order chi connectivity index (χ1) is 8.81. The van der Waals surface area contributed by atoms with E-state index < -0.39 is 0 Å². The SMILES string of the molecule is COc1c(C)cc(C(C)(C)CNC(=O)NN)cc1C. The standard InChI is InChI=1S/C14H23N3O2/c1-9-6-11(7-10(2)12(9)19-5)14(3,4)8-16-13(18)17-15/h6-7H,8,15H2,1-5H3,(H2,16,17,18). The van der Waals surface area contributed by atoms with Crippen molar-refractivity contribution in [1.82, 2.24) is 10.7 Å². The Labute approximate surface area is 114 Å². The van der Waals surface area contributed by atoms with Gasteiger partial charge in [-0.15, -0.1) is 0 Å². The summed E-state index contributed by atoms with van der Waals surface area (Å²) in [5.74, 6) is 5.96. The minimum Gasteiger partial charge on any atom is -0.496 e. The molecule has 2 amide bonds. The van der Waals surface area contributed by atoms with E-state index >= 15 is 0 Å². The Morgan fingerprint density at radius 3 is 2.26 bits per heavy atom. The molecule has 0 spiro atoms. The van der Waals surface area contributed by atoms with Crippen LogP contribution in [-0.4, -0.2) is 19.7 Å². The molecule has 0 aliphatic heterocycles. The molecule has 5 heteroatoms. The molecule has 0 aromatic heterocycles. The van der Waals surface area contributed by atoms with Crippen molar-refractivity contribution in [2.75, 3.05) is 13.7 Å². The third-order valence-corrected chi connectivity index (χ3v) is 3.27. The number of hydrazine groups is 1. The van der Waals surface area contributed by atoms with Crippen LogP contribution in [0.2, 0.25) is 0 Å². The van der Waals surface area contributed by atoms with Gasteiger partial charge in [0.05, 0.1) is 7.11 Å². The molecule has 0 saturated carbocycles. The van der Waals surface area contributed by atoms with Crippen molar-refractivity contribution < 1.29 is 9.53 Å². The molecule has 4 N–H and O–H groups in total. The monoisotopic (exact) mass is 265 g/mol. The van der Waals surface area contributed by atoms with E-state index in [9.17, 15) is 4.79 Å². The van der Waals surface area contributed by atoms with Gasteiger partial charge in [-0.3, -0.25) is 5.43 Å². The Morgan fingerprint density at radius 1 is 1.32 bits per heavy atom. The highest BCUT2D eigenvalue weighted by atomic mass is 16.5. The molecule has 19 heavy (non-hydrogen) atoms. The van der Waals surface area contributed by atoms with Gasteiger partial charge in [0.25, 0.3) is 0 Å². The molecular weight excluding hydrogens is 242 g/mol. The van der Waals surface area contributed by atoms with E-state index in [1.807, 2.05) is 13.8 Å². The molecular formula is C14H23N3O2. The number of nitrogens with two attached hydrogens (primary N) is 1. The third-order valence-electron chi connectivity index (χ3n) is 3.27. The van der Waals surface area contributed by atoms with E-state index in [0.29, 0.717) is 6.54 Å². The first-order valence-corrected chi connectivity index (χ1v) is 6.22. The largest absolute Gasteiger partial charge is 0.496 e. The summed E-state index contributed by atoms with van der Waals surface area (Å²) < 4.78 is 5.36. The van der Waals surface area contributed by atoms with Crippen LogP contribution < -0.4 is 21.3 Å². The van der Waals surface area contributed by atoms with Gasteiger partial charge < -0.3 is 10.1 Å². The first kappa shape index (κ1) is 15.3. The van der Waals surface area contributed by atoms with E-state index in [1.54, 1.807) is 7.11 Å². The molecule has 106 valence electrons. The van der Waals surface area contributed by atoms with Gasteiger partial charge in [0.1, 0.15) is 5.75 Å². The van der Waals surface area contributed by atoms with Crippen molar-refractivity contribution >= 4 is 6.03 Å². The molecule has 1 rings (SSSR count).